The molecule has 0 fully saturated rings. The molecule has 0 spiro atoms. The van der Waals surface area contributed by atoms with E-state index in [-0.39, 0.29) is 5.41 Å². The van der Waals surface area contributed by atoms with Crippen molar-refractivity contribution in [2.45, 2.75) is 65.8 Å². The number of carbonyl (C=O) groups is 1. The molecule has 1 aromatic heterocycles. The first kappa shape index (κ1) is 14.9. The van der Waals surface area contributed by atoms with Gasteiger partial charge < -0.3 is 4.79 Å². The summed E-state index contributed by atoms with van der Waals surface area (Å²) in [5.74, 6) is 0. The van der Waals surface area contributed by atoms with Gasteiger partial charge in [0.1, 0.15) is 6.29 Å². The largest absolute Gasteiger partial charge is 0.303 e. The number of nitrogens with zero attached hydrogens (tertiary/aromatic N) is 3. The van der Waals surface area contributed by atoms with Crippen LogP contribution in [0.15, 0.2) is 6.20 Å². The predicted octanol–water partition coefficient (Wildman–Crippen LogP) is 3.02. The van der Waals surface area contributed by atoms with E-state index >= 15 is 0 Å². The summed E-state index contributed by atoms with van der Waals surface area (Å²) >= 11 is 0. The summed E-state index contributed by atoms with van der Waals surface area (Å²) in [7, 11) is 0. The van der Waals surface area contributed by atoms with Crippen molar-refractivity contribution in [1.82, 2.24) is 15.0 Å². The van der Waals surface area contributed by atoms with Crippen LogP contribution in [0, 0.1) is 5.41 Å². The summed E-state index contributed by atoms with van der Waals surface area (Å²) in [5.41, 5.74) is 0.961. The first-order chi connectivity index (χ1) is 8.57. The van der Waals surface area contributed by atoms with Crippen LogP contribution in [0.1, 0.15) is 58.6 Å². The van der Waals surface area contributed by atoms with Crippen molar-refractivity contribution in [2.75, 3.05) is 0 Å². The van der Waals surface area contributed by atoms with Crippen molar-refractivity contribution in [3.63, 3.8) is 0 Å². The summed E-state index contributed by atoms with van der Waals surface area (Å²) in [6.07, 6.45) is 9.32. The van der Waals surface area contributed by atoms with E-state index in [9.17, 15) is 4.79 Å². The monoisotopic (exact) mass is 251 g/mol. The number of carbonyl (C=O) groups excluding carboxylic acids is 1. The van der Waals surface area contributed by atoms with Gasteiger partial charge in [-0.25, -0.2) is 0 Å². The quantitative estimate of drug-likeness (QED) is 0.500. The highest BCUT2D eigenvalue weighted by atomic mass is 16.1. The van der Waals surface area contributed by atoms with E-state index in [0.717, 1.165) is 31.4 Å². The SMILES string of the molecule is CCCCCCn1cc(CC(C)(C)CC=O)nn1. The van der Waals surface area contributed by atoms with Crippen LogP contribution in [0.2, 0.25) is 0 Å². The highest BCUT2D eigenvalue weighted by Crippen LogP contribution is 2.23. The van der Waals surface area contributed by atoms with Crippen LogP contribution in [-0.4, -0.2) is 21.3 Å². The first-order valence-electron chi connectivity index (χ1n) is 6.90. The van der Waals surface area contributed by atoms with Gasteiger partial charge in [0.25, 0.3) is 0 Å². The topological polar surface area (TPSA) is 47.8 Å². The van der Waals surface area contributed by atoms with Gasteiger partial charge in [0.15, 0.2) is 0 Å². The Bertz CT molecular complexity index is 358. The molecule has 0 radical (unpaired) electrons. The van der Waals surface area contributed by atoms with Crippen molar-refractivity contribution < 1.29 is 4.79 Å². The molecule has 0 bridgehead atoms. The predicted molar refractivity (Wildman–Crippen MR) is 72.3 cm³/mol. The first-order valence-corrected chi connectivity index (χ1v) is 6.90. The molecule has 0 aromatic carbocycles. The van der Waals surface area contributed by atoms with Crippen LogP contribution < -0.4 is 0 Å². The molecule has 0 saturated heterocycles. The van der Waals surface area contributed by atoms with Crippen molar-refractivity contribution in [2.24, 2.45) is 5.41 Å². The van der Waals surface area contributed by atoms with Crippen molar-refractivity contribution in [1.29, 1.82) is 0 Å². The third-order valence-electron chi connectivity index (χ3n) is 3.12. The van der Waals surface area contributed by atoms with Crippen molar-refractivity contribution >= 4 is 6.29 Å². The van der Waals surface area contributed by atoms with Crippen molar-refractivity contribution in [3.05, 3.63) is 11.9 Å². The summed E-state index contributed by atoms with van der Waals surface area (Å²) in [5, 5.41) is 8.32. The number of aromatic nitrogens is 3. The minimum absolute atomic E-state index is 0.0230. The number of hydrogen-bond donors (Lipinski definition) is 0. The lowest BCUT2D eigenvalue weighted by Crippen LogP contribution is -2.15. The molecule has 1 heterocycles. The smallest absolute Gasteiger partial charge is 0.120 e. The van der Waals surface area contributed by atoms with Crippen LogP contribution in [0.5, 0.6) is 0 Å². The third kappa shape index (κ3) is 5.43. The fraction of sp³-hybridized carbons (Fsp3) is 0.786. The molecule has 0 aliphatic carbocycles. The van der Waals surface area contributed by atoms with E-state index in [1.165, 1.54) is 19.3 Å². The Kier molecular flexibility index (Phi) is 6.02. The van der Waals surface area contributed by atoms with E-state index < -0.39 is 0 Å². The van der Waals surface area contributed by atoms with Crippen LogP contribution in [-0.2, 0) is 17.8 Å². The second kappa shape index (κ2) is 7.29. The molecule has 0 atom stereocenters. The van der Waals surface area contributed by atoms with Crippen LogP contribution in [0.3, 0.4) is 0 Å². The van der Waals surface area contributed by atoms with Crippen LogP contribution in [0.4, 0.5) is 0 Å². The Morgan fingerprint density at radius 2 is 2.11 bits per heavy atom. The molecule has 0 N–H and O–H groups in total. The van der Waals surface area contributed by atoms with Crippen molar-refractivity contribution in [3.8, 4) is 0 Å². The molecular weight excluding hydrogens is 226 g/mol. The van der Waals surface area contributed by atoms with Gasteiger partial charge in [-0.05, 0) is 18.3 Å². The lowest BCUT2D eigenvalue weighted by atomic mass is 9.85. The number of aldehydes is 1. The maximum absolute atomic E-state index is 10.6. The molecular formula is C14H25N3O. The molecule has 0 aliphatic heterocycles. The second-order valence-corrected chi connectivity index (χ2v) is 5.75. The Morgan fingerprint density at radius 1 is 1.33 bits per heavy atom. The van der Waals surface area contributed by atoms with E-state index in [4.69, 9.17) is 0 Å². The summed E-state index contributed by atoms with van der Waals surface area (Å²) in [6.45, 7) is 7.33. The average Bonchev–Trinajstić information content (AvgIpc) is 2.71. The van der Waals surface area contributed by atoms with Gasteiger partial charge in [-0.2, -0.15) is 0 Å². The normalized spacial score (nSPS) is 11.7. The molecule has 0 unspecified atom stereocenters. The fourth-order valence-corrected chi connectivity index (χ4v) is 2.02. The van der Waals surface area contributed by atoms with E-state index in [2.05, 4.69) is 31.1 Å². The number of aryl methyl sites for hydroxylation is 1. The Balaban J connectivity index is 2.40. The van der Waals surface area contributed by atoms with Gasteiger partial charge >= 0.3 is 0 Å². The lowest BCUT2D eigenvalue weighted by molar-refractivity contribution is -0.109. The second-order valence-electron chi connectivity index (χ2n) is 5.75. The van der Waals surface area contributed by atoms with E-state index in [0.29, 0.717) is 6.42 Å². The molecule has 0 amide bonds. The summed E-state index contributed by atoms with van der Waals surface area (Å²) < 4.78 is 1.92. The Labute approximate surface area is 110 Å². The zero-order chi connectivity index (χ0) is 13.4. The minimum atomic E-state index is -0.0230. The molecule has 4 nitrogen and oxygen atoms in total. The molecule has 0 saturated carbocycles. The zero-order valence-corrected chi connectivity index (χ0v) is 11.9. The molecule has 1 rings (SSSR count). The number of hydrogen-bond acceptors (Lipinski definition) is 3. The summed E-state index contributed by atoms with van der Waals surface area (Å²) in [6, 6.07) is 0. The Hall–Kier alpha value is -1.19. The molecule has 18 heavy (non-hydrogen) atoms. The fourth-order valence-electron chi connectivity index (χ4n) is 2.02. The molecule has 4 heteroatoms. The highest BCUT2D eigenvalue weighted by molar-refractivity contribution is 5.50. The molecule has 102 valence electrons. The molecule has 1 aromatic rings. The van der Waals surface area contributed by atoms with E-state index in [1.807, 2.05) is 10.9 Å². The minimum Gasteiger partial charge on any atom is -0.303 e. The van der Waals surface area contributed by atoms with Gasteiger partial charge in [-0.3, -0.25) is 4.68 Å². The van der Waals surface area contributed by atoms with Crippen LogP contribution in [0.25, 0.3) is 0 Å². The number of unbranched alkanes of at least 4 members (excludes halogenated alkanes) is 3. The standard InChI is InChI=1S/C14H25N3O/c1-4-5-6-7-9-17-12-13(15-16-17)11-14(2,3)8-10-18/h10,12H,4-9,11H2,1-3H3. The van der Waals surface area contributed by atoms with Gasteiger partial charge in [-0.1, -0.05) is 45.2 Å². The highest BCUT2D eigenvalue weighted by Gasteiger charge is 2.19. The van der Waals surface area contributed by atoms with E-state index in [1.54, 1.807) is 0 Å². The molecule has 0 aliphatic rings. The zero-order valence-electron chi connectivity index (χ0n) is 11.9. The van der Waals surface area contributed by atoms with Gasteiger partial charge in [-0.15, -0.1) is 5.10 Å². The average molecular weight is 251 g/mol. The van der Waals surface area contributed by atoms with Crippen LogP contribution >= 0.6 is 0 Å². The third-order valence-corrected chi connectivity index (χ3v) is 3.12. The van der Waals surface area contributed by atoms with Gasteiger partial charge in [0, 0.05) is 19.2 Å². The maximum atomic E-state index is 10.6. The lowest BCUT2D eigenvalue weighted by Gasteiger charge is -2.19. The number of rotatable bonds is 9. The van der Waals surface area contributed by atoms with Gasteiger partial charge in [0.05, 0.1) is 5.69 Å². The maximum Gasteiger partial charge on any atom is 0.120 e. The Morgan fingerprint density at radius 3 is 2.78 bits per heavy atom. The summed E-state index contributed by atoms with van der Waals surface area (Å²) in [4.78, 5) is 10.6. The van der Waals surface area contributed by atoms with Gasteiger partial charge in [0.2, 0.25) is 0 Å².